The van der Waals surface area contributed by atoms with Gasteiger partial charge in [-0.2, -0.15) is 0 Å². The molecule has 18 heavy (non-hydrogen) atoms. The molecule has 2 aromatic heterocycles. The molecule has 5 nitrogen and oxygen atoms in total. The zero-order valence-corrected chi connectivity index (χ0v) is 10.3. The van der Waals surface area contributed by atoms with E-state index in [4.69, 9.17) is 0 Å². The molecule has 0 unspecified atom stereocenters. The number of pyridine rings is 2. The number of aryl methyl sites for hydroxylation is 1. The Hall–Kier alpha value is -2.43. The van der Waals surface area contributed by atoms with E-state index < -0.39 is 0 Å². The Morgan fingerprint density at radius 3 is 2.78 bits per heavy atom. The molecule has 0 aromatic carbocycles. The summed E-state index contributed by atoms with van der Waals surface area (Å²) in [5.41, 5.74) is 2.86. The normalized spacial score (nSPS) is 9.89. The summed E-state index contributed by atoms with van der Waals surface area (Å²) < 4.78 is 0. The highest BCUT2D eigenvalue weighted by atomic mass is 16.1. The molecule has 0 fully saturated rings. The van der Waals surface area contributed by atoms with Gasteiger partial charge in [0, 0.05) is 25.1 Å². The van der Waals surface area contributed by atoms with Crippen molar-refractivity contribution >= 4 is 17.3 Å². The lowest BCUT2D eigenvalue weighted by molar-refractivity contribution is 0.102. The highest BCUT2D eigenvalue weighted by Gasteiger charge is 2.08. The van der Waals surface area contributed by atoms with Crippen LogP contribution in [0.2, 0.25) is 0 Å². The van der Waals surface area contributed by atoms with E-state index in [1.807, 2.05) is 13.0 Å². The summed E-state index contributed by atoms with van der Waals surface area (Å²) in [6.45, 7) is 1.92. The van der Waals surface area contributed by atoms with E-state index in [2.05, 4.69) is 20.6 Å². The van der Waals surface area contributed by atoms with Gasteiger partial charge in [0.05, 0.1) is 11.9 Å². The molecule has 2 heterocycles. The van der Waals surface area contributed by atoms with Gasteiger partial charge in [0.1, 0.15) is 5.69 Å². The second-order valence-electron chi connectivity index (χ2n) is 3.88. The van der Waals surface area contributed by atoms with Gasteiger partial charge in [0.2, 0.25) is 0 Å². The van der Waals surface area contributed by atoms with Crippen molar-refractivity contribution < 1.29 is 4.79 Å². The van der Waals surface area contributed by atoms with E-state index >= 15 is 0 Å². The van der Waals surface area contributed by atoms with Crippen molar-refractivity contribution in [2.75, 3.05) is 17.7 Å². The predicted octanol–water partition coefficient (Wildman–Crippen LogP) is 2.08. The van der Waals surface area contributed by atoms with Crippen LogP contribution in [0.15, 0.2) is 36.8 Å². The summed E-state index contributed by atoms with van der Waals surface area (Å²) >= 11 is 0. The topological polar surface area (TPSA) is 66.9 Å². The summed E-state index contributed by atoms with van der Waals surface area (Å²) in [6, 6.07) is 5.34. The van der Waals surface area contributed by atoms with Crippen LogP contribution < -0.4 is 10.6 Å². The Labute approximate surface area is 105 Å². The van der Waals surface area contributed by atoms with Crippen molar-refractivity contribution in [2.24, 2.45) is 0 Å². The molecule has 0 aliphatic carbocycles. The number of nitrogens with zero attached hydrogens (tertiary/aromatic N) is 2. The van der Waals surface area contributed by atoms with Crippen LogP contribution in [0.25, 0.3) is 0 Å². The molecule has 2 aromatic rings. The first-order chi connectivity index (χ1) is 8.69. The first-order valence-electron chi connectivity index (χ1n) is 5.56. The number of carbonyl (C=O) groups excluding carboxylic acids is 1. The van der Waals surface area contributed by atoms with Crippen molar-refractivity contribution in [2.45, 2.75) is 6.92 Å². The molecule has 0 radical (unpaired) electrons. The van der Waals surface area contributed by atoms with Gasteiger partial charge in [0.15, 0.2) is 0 Å². The Morgan fingerprint density at radius 1 is 1.22 bits per heavy atom. The highest BCUT2D eigenvalue weighted by Crippen LogP contribution is 2.11. The maximum atomic E-state index is 12.0. The summed E-state index contributed by atoms with van der Waals surface area (Å²) in [4.78, 5) is 20.0. The van der Waals surface area contributed by atoms with Gasteiger partial charge >= 0.3 is 0 Å². The largest absolute Gasteiger partial charge is 0.388 e. The number of anilines is 2. The molecular weight excluding hydrogens is 228 g/mol. The molecule has 0 saturated heterocycles. The average Bonchev–Trinajstić information content (AvgIpc) is 2.39. The first kappa shape index (κ1) is 12.0. The molecule has 0 aliphatic heterocycles. The van der Waals surface area contributed by atoms with Gasteiger partial charge in [-0.25, -0.2) is 0 Å². The van der Waals surface area contributed by atoms with Crippen LogP contribution in [0, 0.1) is 6.92 Å². The van der Waals surface area contributed by atoms with Crippen molar-refractivity contribution in [3.63, 3.8) is 0 Å². The third-order valence-corrected chi connectivity index (χ3v) is 2.41. The number of hydrogen-bond acceptors (Lipinski definition) is 4. The quantitative estimate of drug-likeness (QED) is 0.864. The van der Waals surface area contributed by atoms with Gasteiger partial charge in [-0.3, -0.25) is 14.8 Å². The van der Waals surface area contributed by atoms with Crippen LogP contribution in [-0.4, -0.2) is 22.9 Å². The van der Waals surface area contributed by atoms with Crippen LogP contribution in [0.1, 0.15) is 16.1 Å². The predicted molar refractivity (Wildman–Crippen MR) is 70.7 cm³/mol. The zero-order chi connectivity index (χ0) is 13.0. The Balaban J connectivity index is 2.16. The molecular formula is C13H14N4O. The molecule has 0 spiro atoms. The third-order valence-electron chi connectivity index (χ3n) is 2.41. The molecule has 0 atom stereocenters. The Kier molecular flexibility index (Phi) is 3.52. The zero-order valence-electron chi connectivity index (χ0n) is 10.3. The van der Waals surface area contributed by atoms with Crippen LogP contribution in [0.3, 0.4) is 0 Å². The number of rotatable bonds is 3. The third kappa shape index (κ3) is 2.82. The van der Waals surface area contributed by atoms with Crippen molar-refractivity contribution in [1.29, 1.82) is 0 Å². The molecule has 0 aliphatic rings. The lowest BCUT2D eigenvalue weighted by Gasteiger charge is -2.06. The maximum Gasteiger partial charge on any atom is 0.274 e. The maximum absolute atomic E-state index is 12.0. The molecule has 92 valence electrons. The van der Waals surface area contributed by atoms with Gasteiger partial charge in [-0.05, 0) is 30.7 Å². The van der Waals surface area contributed by atoms with E-state index in [9.17, 15) is 4.79 Å². The Morgan fingerprint density at radius 2 is 2.06 bits per heavy atom. The van der Waals surface area contributed by atoms with E-state index in [0.29, 0.717) is 11.4 Å². The fourth-order valence-corrected chi connectivity index (χ4v) is 1.53. The fraction of sp³-hybridized carbons (Fsp3) is 0.154. The number of amides is 1. The lowest BCUT2D eigenvalue weighted by atomic mass is 10.2. The van der Waals surface area contributed by atoms with Gasteiger partial charge in [-0.15, -0.1) is 0 Å². The molecule has 0 saturated carbocycles. The minimum atomic E-state index is -0.250. The molecule has 2 rings (SSSR count). The minimum Gasteiger partial charge on any atom is -0.388 e. The highest BCUT2D eigenvalue weighted by molar-refractivity contribution is 6.03. The summed E-state index contributed by atoms with van der Waals surface area (Å²) in [7, 11) is 1.79. The van der Waals surface area contributed by atoms with Crippen molar-refractivity contribution in [1.82, 2.24) is 9.97 Å². The number of aromatic nitrogens is 2. The second kappa shape index (κ2) is 5.27. The monoisotopic (exact) mass is 242 g/mol. The number of carbonyl (C=O) groups is 1. The smallest absolute Gasteiger partial charge is 0.274 e. The van der Waals surface area contributed by atoms with Crippen molar-refractivity contribution in [3.8, 4) is 0 Å². The molecule has 1 amide bonds. The Bertz CT molecular complexity index is 568. The first-order valence-corrected chi connectivity index (χ1v) is 5.56. The lowest BCUT2D eigenvalue weighted by Crippen LogP contribution is -2.14. The van der Waals surface area contributed by atoms with E-state index in [1.54, 1.807) is 37.8 Å². The fourth-order valence-electron chi connectivity index (χ4n) is 1.53. The number of hydrogen-bond donors (Lipinski definition) is 2. The van der Waals surface area contributed by atoms with Crippen LogP contribution in [0.5, 0.6) is 0 Å². The molecule has 0 bridgehead atoms. The van der Waals surface area contributed by atoms with Crippen molar-refractivity contribution in [3.05, 3.63) is 48.0 Å². The van der Waals surface area contributed by atoms with Crippen LogP contribution in [-0.2, 0) is 0 Å². The van der Waals surface area contributed by atoms with Gasteiger partial charge < -0.3 is 10.6 Å². The summed E-state index contributed by atoms with van der Waals surface area (Å²) in [5, 5.41) is 5.72. The second-order valence-corrected chi connectivity index (χ2v) is 3.88. The standard InChI is InChI=1S/C13H14N4O/c1-9-5-11(8-15-7-9)17-13(18)12-6-10(14-2)3-4-16-12/h3-8H,1-2H3,(H,14,16)(H,17,18). The van der Waals surface area contributed by atoms with Crippen LogP contribution in [0.4, 0.5) is 11.4 Å². The minimum absolute atomic E-state index is 0.250. The van der Waals surface area contributed by atoms with Gasteiger partial charge in [0.25, 0.3) is 5.91 Å². The summed E-state index contributed by atoms with van der Waals surface area (Å²) in [6.07, 6.45) is 4.93. The van der Waals surface area contributed by atoms with Gasteiger partial charge in [-0.1, -0.05) is 0 Å². The summed E-state index contributed by atoms with van der Waals surface area (Å²) in [5.74, 6) is -0.250. The number of nitrogens with one attached hydrogen (secondary N) is 2. The molecule has 2 N–H and O–H groups in total. The SMILES string of the molecule is CNc1ccnc(C(=O)Nc2cncc(C)c2)c1. The molecule has 5 heteroatoms. The van der Waals surface area contributed by atoms with E-state index in [1.165, 1.54) is 0 Å². The van der Waals surface area contributed by atoms with Crippen LogP contribution >= 0.6 is 0 Å². The average molecular weight is 242 g/mol. The van der Waals surface area contributed by atoms with E-state index in [0.717, 1.165) is 11.3 Å². The van der Waals surface area contributed by atoms with E-state index in [-0.39, 0.29) is 5.91 Å².